The summed E-state index contributed by atoms with van der Waals surface area (Å²) in [7, 11) is 1.99. The molecule has 0 aliphatic heterocycles. The summed E-state index contributed by atoms with van der Waals surface area (Å²) in [5.74, 6) is 0.332. The summed E-state index contributed by atoms with van der Waals surface area (Å²) in [6, 6.07) is 13.5. The van der Waals surface area contributed by atoms with Gasteiger partial charge in [-0.1, -0.05) is 40.6 Å². The molecule has 0 bridgehead atoms. The Kier molecular flexibility index (Phi) is 5.02. The third kappa shape index (κ3) is 4.30. The monoisotopic (exact) mass is 326 g/mol. The number of nitrogens with one attached hydrogen (secondary N) is 1. The summed E-state index contributed by atoms with van der Waals surface area (Å²) in [5, 5.41) is 10.3. The highest BCUT2D eigenvalue weighted by atomic mass is 16.5. The molecule has 3 aromatic rings. The molecule has 0 fully saturated rings. The highest BCUT2D eigenvalue weighted by Crippen LogP contribution is 2.10. The first-order valence-corrected chi connectivity index (χ1v) is 7.56. The van der Waals surface area contributed by atoms with E-state index in [9.17, 15) is 4.79 Å². The van der Waals surface area contributed by atoms with Crippen LogP contribution in [-0.2, 0) is 19.6 Å². The van der Waals surface area contributed by atoms with Crippen molar-refractivity contribution in [3.8, 4) is 0 Å². The zero-order chi connectivity index (χ0) is 16.8. The van der Waals surface area contributed by atoms with Crippen LogP contribution < -0.4 is 5.32 Å². The zero-order valence-electron chi connectivity index (χ0n) is 13.3. The molecule has 2 heterocycles. The quantitative estimate of drug-likeness (QED) is 0.717. The Bertz CT molecular complexity index is 768. The van der Waals surface area contributed by atoms with Gasteiger partial charge in [0, 0.05) is 18.7 Å². The number of nitrogens with zero attached hydrogens (tertiary/aromatic N) is 3. The number of rotatable bonds is 7. The lowest BCUT2D eigenvalue weighted by atomic mass is 10.2. The van der Waals surface area contributed by atoms with Crippen molar-refractivity contribution in [2.45, 2.75) is 19.6 Å². The molecule has 7 heteroatoms. The highest BCUT2D eigenvalue weighted by molar-refractivity contribution is 5.92. The lowest BCUT2D eigenvalue weighted by Crippen LogP contribution is -2.23. The smallest absolute Gasteiger partial charge is 0.273 e. The van der Waals surface area contributed by atoms with Gasteiger partial charge in [0.1, 0.15) is 12.0 Å². The minimum absolute atomic E-state index is 0.251. The number of benzene rings is 1. The molecular weight excluding hydrogens is 308 g/mol. The molecule has 0 saturated heterocycles. The van der Waals surface area contributed by atoms with Crippen molar-refractivity contribution >= 4 is 5.91 Å². The van der Waals surface area contributed by atoms with E-state index in [0.717, 1.165) is 6.54 Å². The molecule has 0 spiro atoms. The van der Waals surface area contributed by atoms with E-state index in [1.165, 1.54) is 11.8 Å². The van der Waals surface area contributed by atoms with E-state index in [1.807, 2.05) is 25.2 Å². The van der Waals surface area contributed by atoms with Gasteiger partial charge in [-0.2, -0.15) is 0 Å². The van der Waals surface area contributed by atoms with Gasteiger partial charge in [0.2, 0.25) is 0 Å². The van der Waals surface area contributed by atoms with E-state index in [0.29, 0.717) is 18.0 Å². The summed E-state index contributed by atoms with van der Waals surface area (Å²) in [5.41, 5.74) is 2.11. The molecule has 1 aromatic carbocycles. The molecule has 3 rings (SSSR count). The third-order valence-electron chi connectivity index (χ3n) is 3.43. The normalized spacial score (nSPS) is 10.9. The minimum atomic E-state index is -0.307. The van der Waals surface area contributed by atoms with E-state index < -0.39 is 0 Å². The maximum atomic E-state index is 12.0. The number of carbonyl (C=O) groups is 1. The van der Waals surface area contributed by atoms with E-state index in [-0.39, 0.29) is 18.1 Å². The van der Waals surface area contributed by atoms with Crippen LogP contribution >= 0.6 is 0 Å². The minimum Gasteiger partial charge on any atom is -0.364 e. The van der Waals surface area contributed by atoms with E-state index in [2.05, 4.69) is 32.7 Å². The maximum absolute atomic E-state index is 12.0. The Hall–Kier alpha value is -2.93. The first-order valence-electron chi connectivity index (χ1n) is 7.56. The van der Waals surface area contributed by atoms with E-state index in [1.54, 1.807) is 12.1 Å². The van der Waals surface area contributed by atoms with Crippen LogP contribution in [0.15, 0.2) is 57.8 Å². The standard InChI is InChI=1S/C17H18N4O3/c1-21(11-13-5-3-2-4-6-13)12-15-9-16(20-24-15)17(22)18-10-14-7-8-23-19-14/h2-9H,10-12H2,1H3,(H,18,22). The van der Waals surface area contributed by atoms with Crippen molar-refractivity contribution in [2.24, 2.45) is 0 Å². The van der Waals surface area contributed by atoms with Crippen LogP contribution in [0.2, 0.25) is 0 Å². The molecule has 0 atom stereocenters. The summed E-state index contributed by atoms with van der Waals surface area (Å²) in [6.45, 7) is 1.64. The third-order valence-corrected chi connectivity index (χ3v) is 3.43. The predicted molar refractivity (Wildman–Crippen MR) is 85.8 cm³/mol. The number of hydrogen-bond acceptors (Lipinski definition) is 6. The second kappa shape index (κ2) is 7.56. The Morgan fingerprint density at radius 2 is 2.00 bits per heavy atom. The lowest BCUT2D eigenvalue weighted by molar-refractivity contribution is 0.0941. The number of hydrogen-bond donors (Lipinski definition) is 1. The van der Waals surface area contributed by atoms with Crippen LogP contribution in [0.3, 0.4) is 0 Å². The summed E-state index contributed by atoms with van der Waals surface area (Å²) in [6.07, 6.45) is 1.46. The fourth-order valence-electron chi connectivity index (χ4n) is 2.30. The van der Waals surface area contributed by atoms with Crippen molar-refractivity contribution in [3.63, 3.8) is 0 Å². The molecule has 24 heavy (non-hydrogen) atoms. The molecule has 0 aliphatic carbocycles. The largest absolute Gasteiger partial charge is 0.364 e. The Morgan fingerprint density at radius 3 is 2.75 bits per heavy atom. The SMILES string of the molecule is CN(Cc1ccccc1)Cc1cc(C(=O)NCc2ccon2)no1. The second-order valence-corrected chi connectivity index (χ2v) is 5.51. The molecular formula is C17H18N4O3. The van der Waals surface area contributed by atoms with Gasteiger partial charge in [-0.3, -0.25) is 9.69 Å². The molecule has 7 nitrogen and oxygen atoms in total. The summed E-state index contributed by atoms with van der Waals surface area (Å²) < 4.78 is 9.95. The number of amides is 1. The molecule has 2 aromatic heterocycles. The van der Waals surface area contributed by atoms with Gasteiger partial charge < -0.3 is 14.4 Å². The summed E-state index contributed by atoms with van der Waals surface area (Å²) in [4.78, 5) is 14.1. The average Bonchev–Trinajstić information content (AvgIpc) is 3.25. The van der Waals surface area contributed by atoms with Gasteiger partial charge in [0.25, 0.3) is 5.91 Å². The van der Waals surface area contributed by atoms with Crippen molar-refractivity contribution in [2.75, 3.05) is 7.05 Å². The van der Waals surface area contributed by atoms with Gasteiger partial charge in [0.05, 0.1) is 13.1 Å². The first-order chi connectivity index (χ1) is 11.7. The molecule has 0 aliphatic rings. The van der Waals surface area contributed by atoms with Gasteiger partial charge in [-0.05, 0) is 12.6 Å². The van der Waals surface area contributed by atoms with Crippen LogP contribution in [0.5, 0.6) is 0 Å². The molecule has 0 unspecified atom stereocenters. The van der Waals surface area contributed by atoms with Gasteiger partial charge in [-0.15, -0.1) is 0 Å². The molecule has 1 amide bonds. The Labute approximate surface area is 139 Å². The summed E-state index contributed by atoms with van der Waals surface area (Å²) >= 11 is 0. The molecule has 0 saturated carbocycles. The van der Waals surface area contributed by atoms with Crippen molar-refractivity contribution < 1.29 is 13.8 Å². The van der Waals surface area contributed by atoms with Crippen molar-refractivity contribution in [3.05, 3.63) is 71.4 Å². The van der Waals surface area contributed by atoms with Crippen LogP contribution in [0.4, 0.5) is 0 Å². The molecule has 124 valence electrons. The number of carbonyl (C=O) groups excluding carboxylic acids is 1. The van der Waals surface area contributed by atoms with Gasteiger partial charge in [-0.25, -0.2) is 0 Å². The second-order valence-electron chi connectivity index (χ2n) is 5.51. The molecule has 1 N–H and O–H groups in total. The van der Waals surface area contributed by atoms with Crippen LogP contribution in [-0.4, -0.2) is 28.2 Å². The lowest BCUT2D eigenvalue weighted by Gasteiger charge is -2.14. The predicted octanol–water partition coefficient (Wildman–Crippen LogP) is 2.22. The van der Waals surface area contributed by atoms with Crippen LogP contribution in [0, 0.1) is 0 Å². The topological polar surface area (TPSA) is 84.4 Å². The highest BCUT2D eigenvalue weighted by Gasteiger charge is 2.14. The Morgan fingerprint density at radius 1 is 1.17 bits per heavy atom. The van der Waals surface area contributed by atoms with Gasteiger partial charge >= 0.3 is 0 Å². The van der Waals surface area contributed by atoms with E-state index in [4.69, 9.17) is 9.05 Å². The maximum Gasteiger partial charge on any atom is 0.273 e. The van der Waals surface area contributed by atoms with Crippen molar-refractivity contribution in [1.82, 2.24) is 20.5 Å². The molecule has 0 radical (unpaired) electrons. The number of aromatic nitrogens is 2. The van der Waals surface area contributed by atoms with E-state index >= 15 is 0 Å². The first kappa shape index (κ1) is 15.9. The fourth-order valence-corrected chi connectivity index (χ4v) is 2.30. The fraction of sp³-hybridized carbons (Fsp3) is 0.235. The van der Waals surface area contributed by atoms with Gasteiger partial charge in [0.15, 0.2) is 11.5 Å². The van der Waals surface area contributed by atoms with Crippen LogP contribution in [0.25, 0.3) is 0 Å². The van der Waals surface area contributed by atoms with Crippen molar-refractivity contribution in [1.29, 1.82) is 0 Å². The van der Waals surface area contributed by atoms with Crippen LogP contribution in [0.1, 0.15) is 27.5 Å². The average molecular weight is 326 g/mol. The Balaban J connectivity index is 1.52. The zero-order valence-corrected chi connectivity index (χ0v) is 13.3.